The second-order valence-corrected chi connectivity index (χ2v) is 5.53. The van der Waals surface area contributed by atoms with Gasteiger partial charge in [0, 0.05) is 11.1 Å². The molecule has 8 heteroatoms. The smallest absolute Gasteiger partial charge is 0.344 e. The SMILES string of the molecule is COc1cc(Cl)c(C)cc1NC(=O)COC(=O)c1c(C)noc1C. The number of nitrogens with zero attached hydrogens (tertiary/aromatic N) is 1. The Morgan fingerprint density at radius 2 is 2.00 bits per heavy atom. The van der Waals surface area contributed by atoms with E-state index in [1.165, 1.54) is 7.11 Å². The molecule has 1 N–H and O–H groups in total. The number of aromatic nitrogens is 1. The number of esters is 1. The molecule has 0 saturated carbocycles. The summed E-state index contributed by atoms with van der Waals surface area (Å²) >= 11 is 6.01. The normalized spacial score (nSPS) is 10.4. The first-order chi connectivity index (χ1) is 11.3. The van der Waals surface area contributed by atoms with Crippen molar-refractivity contribution in [3.05, 3.63) is 39.7 Å². The summed E-state index contributed by atoms with van der Waals surface area (Å²) < 4.78 is 15.1. The summed E-state index contributed by atoms with van der Waals surface area (Å²) in [5.74, 6) is -0.417. The maximum Gasteiger partial charge on any atom is 0.344 e. The Labute approximate surface area is 143 Å². The first-order valence-electron chi connectivity index (χ1n) is 7.07. The van der Waals surface area contributed by atoms with Gasteiger partial charge in [-0.05, 0) is 32.4 Å². The summed E-state index contributed by atoms with van der Waals surface area (Å²) in [6.07, 6.45) is 0. The lowest BCUT2D eigenvalue weighted by Gasteiger charge is -2.12. The first-order valence-corrected chi connectivity index (χ1v) is 7.45. The fourth-order valence-electron chi connectivity index (χ4n) is 2.09. The number of aryl methyl sites for hydroxylation is 3. The molecule has 0 fully saturated rings. The van der Waals surface area contributed by atoms with Gasteiger partial charge in [-0.25, -0.2) is 4.79 Å². The van der Waals surface area contributed by atoms with Crippen molar-refractivity contribution in [3.8, 4) is 5.75 Å². The minimum Gasteiger partial charge on any atom is -0.495 e. The van der Waals surface area contributed by atoms with E-state index in [0.717, 1.165) is 5.56 Å². The number of hydrogen-bond donors (Lipinski definition) is 1. The predicted octanol–water partition coefficient (Wildman–Crippen LogP) is 3.06. The van der Waals surface area contributed by atoms with E-state index in [1.807, 2.05) is 0 Å². The lowest BCUT2D eigenvalue weighted by Crippen LogP contribution is -2.21. The fraction of sp³-hybridized carbons (Fsp3) is 0.312. The van der Waals surface area contributed by atoms with E-state index in [1.54, 1.807) is 32.9 Å². The van der Waals surface area contributed by atoms with Gasteiger partial charge in [-0.3, -0.25) is 4.79 Å². The van der Waals surface area contributed by atoms with Crippen LogP contribution in [0.1, 0.15) is 27.4 Å². The number of hydrogen-bond acceptors (Lipinski definition) is 6. The highest BCUT2D eigenvalue weighted by Crippen LogP contribution is 2.30. The Balaban J connectivity index is 2.02. The molecule has 1 aromatic heterocycles. The zero-order valence-corrected chi connectivity index (χ0v) is 14.5. The van der Waals surface area contributed by atoms with Crippen molar-refractivity contribution in [2.24, 2.45) is 0 Å². The van der Waals surface area contributed by atoms with Crippen LogP contribution in [-0.2, 0) is 9.53 Å². The van der Waals surface area contributed by atoms with Crippen molar-refractivity contribution in [1.29, 1.82) is 0 Å². The molecule has 7 nitrogen and oxygen atoms in total. The van der Waals surface area contributed by atoms with Gasteiger partial charge >= 0.3 is 5.97 Å². The average molecular weight is 353 g/mol. The quantitative estimate of drug-likeness (QED) is 0.832. The minimum absolute atomic E-state index is 0.225. The number of carbonyl (C=O) groups excluding carboxylic acids is 2. The zero-order chi connectivity index (χ0) is 17.9. The van der Waals surface area contributed by atoms with Gasteiger partial charge in [0.2, 0.25) is 0 Å². The fourth-order valence-corrected chi connectivity index (χ4v) is 2.25. The Kier molecular flexibility index (Phi) is 5.46. The lowest BCUT2D eigenvalue weighted by molar-refractivity contribution is -0.119. The molecule has 1 aromatic carbocycles. The van der Waals surface area contributed by atoms with Crippen LogP contribution in [0.4, 0.5) is 5.69 Å². The van der Waals surface area contributed by atoms with Crippen LogP contribution in [0.5, 0.6) is 5.75 Å². The zero-order valence-electron chi connectivity index (χ0n) is 13.7. The molecule has 0 spiro atoms. The molecular formula is C16H17ClN2O5. The van der Waals surface area contributed by atoms with Gasteiger partial charge in [0.05, 0.1) is 18.5 Å². The molecule has 24 heavy (non-hydrogen) atoms. The molecule has 0 unspecified atom stereocenters. The molecule has 2 rings (SSSR count). The van der Waals surface area contributed by atoms with Gasteiger partial charge in [0.15, 0.2) is 6.61 Å². The Hall–Kier alpha value is -2.54. The number of carbonyl (C=O) groups is 2. The molecule has 0 radical (unpaired) electrons. The van der Waals surface area contributed by atoms with Gasteiger partial charge in [0.25, 0.3) is 5.91 Å². The summed E-state index contributed by atoms with van der Waals surface area (Å²) in [4.78, 5) is 24.0. The third-order valence-electron chi connectivity index (χ3n) is 3.33. The van der Waals surface area contributed by atoms with Crippen LogP contribution in [0, 0.1) is 20.8 Å². The Bertz CT molecular complexity index is 766. The second kappa shape index (κ2) is 7.35. The molecule has 0 aliphatic heterocycles. The van der Waals surface area contributed by atoms with Crippen molar-refractivity contribution >= 4 is 29.2 Å². The number of ether oxygens (including phenoxy) is 2. The summed E-state index contributed by atoms with van der Waals surface area (Å²) in [7, 11) is 1.47. The number of amides is 1. The molecule has 1 amide bonds. The average Bonchev–Trinajstić information content (AvgIpc) is 2.87. The van der Waals surface area contributed by atoms with E-state index in [9.17, 15) is 9.59 Å². The van der Waals surface area contributed by atoms with E-state index >= 15 is 0 Å². The van der Waals surface area contributed by atoms with Crippen molar-refractivity contribution in [1.82, 2.24) is 5.16 Å². The molecular weight excluding hydrogens is 336 g/mol. The first kappa shape index (κ1) is 17.8. The number of rotatable bonds is 5. The van der Waals surface area contributed by atoms with Gasteiger partial charge in [0.1, 0.15) is 17.1 Å². The summed E-state index contributed by atoms with van der Waals surface area (Å²) in [5, 5.41) is 6.81. The van der Waals surface area contributed by atoms with E-state index in [4.69, 9.17) is 25.6 Å². The highest BCUT2D eigenvalue weighted by molar-refractivity contribution is 6.31. The van der Waals surface area contributed by atoms with Gasteiger partial charge in [-0.1, -0.05) is 16.8 Å². The third kappa shape index (κ3) is 3.86. The van der Waals surface area contributed by atoms with Crippen molar-refractivity contribution in [2.45, 2.75) is 20.8 Å². The molecule has 2 aromatic rings. The standard InChI is InChI=1S/C16H17ClN2O5/c1-8-5-12(13(22-4)6-11(8)17)18-14(20)7-23-16(21)15-9(2)19-24-10(15)3/h5-6H,7H2,1-4H3,(H,18,20). The highest BCUT2D eigenvalue weighted by Gasteiger charge is 2.20. The Morgan fingerprint density at radius 3 is 2.58 bits per heavy atom. The van der Waals surface area contributed by atoms with E-state index in [0.29, 0.717) is 27.9 Å². The predicted molar refractivity (Wildman–Crippen MR) is 87.6 cm³/mol. The highest BCUT2D eigenvalue weighted by atomic mass is 35.5. The second-order valence-electron chi connectivity index (χ2n) is 5.13. The summed E-state index contributed by atoms with van der Waals surface area (Å²) in [5.41, 5.74) is 1.86. The topological polar surface area (TPSA) is 90.7 Å². The third-order valence-corrected chi connectivity index (χ3v) is 3.73. The summed E-state index contributed by atoms with van der Waals surface area (Å²) in [6.45, 7) is 4.56. The van der Waals surface area contributed by atoms with Crippen LogP contribution in [0.15, 0.2) is 16.7 Å². The maximum atomic E-state index is 12.0. The van der Waals surface area contributed by atoms with Crippen LogP contribution in [-0.4, -0.2) is 30.7 Å². The molecule has 128 valence electrons. The summed E-state index contributed by atoms with van der Waals surface area (Å²) in [6, 6.07) is 3.28. The largest absolute Gasteiger partial charge is 0.495 e. The van der Waals surface area contributed by atoms with Crippen LogP contribution in [0.2, 0.25) is 5.02 Å². The van der Waals surface area contributed by atoms with Crippen molar-refractivity contribution in [3.63, 3.8) is 0 Å². The van der Waals surface area contributed by atoms with Crippen LogP contribution >= 0.6 is 11.6 Å². The molecule has 1 heterocycles. The van der Waals surface area contributed by atoms with Crippen molar-refractivity contribution in [2.75, 3.05) is 19.0 Å². The number of anilines is 1. The lowest BCUT2D eigenvalue weighted by atomic mass is 10.2. The minimum atomic E-state index is -0.666. The molecule has 0 aliphatic carbocycles. The number of methoxy groups -OCH3 is 1. The molecule has 0 atom stereocenters. The van der Waals surface area contributed by atoms with Crippen LogP contribution < -0.4 is 10.1 Å². The van der Waals surface area contributed by atoms with Gasteiger partial charge < -0.3 is 19.3 Å². The van der Waals surface area contributed by atoms with Gasteiger partial charge in [-0.2, -0.15) is 0 Å². The van der Waals surface area contributed by atoms with E-state index in [2.05, 4.69) is 10.5 Å². The van der Waals surface area contributed by atoms with E-state index < -0.39 is 18.5 Å². The number of halogens is 1. The molecule has 0 aliphatic rings. The molecule has 0 saturated heterocycles. The van der Waals surface area contributed by atoms with E-state index in [-0.39, 0.29) is 5.56 Å². The molecule has 0 bridgehead atoms. The van der Waals surface area contributed by atoms with Crippen LogP contribution in [0.25, 0.3) is 0 Å². The number of benzene rings is 1. The van der Waals surface area contributed by atoms with Crippen molar-refractivity contribution < 1.29 is 23.6 Å². The monoisotopic (exact) mass is 352 g/mol. The van der Waals surface area contributed by atoms with Gasteiger partial charge in [-0.15, -0.1) is 0 Å². The van der Waals surface area contributed by atoms with Crippen LogP contribution in [0.3, 0.4) is 0 Å². The Morgan fingerprint density at radius 1 is 1.29 bits per heavy atom. The number of nitrogens with one attached hydrogen (secondary N) is 1. The maximum absolute atomic E-state index is 12.0.